The topological polar surface area (TPSA) is 38.9 Å². The molecule has 1 atom stereocenters. The second kappa shape index (κ2) is 4.29. The first-order chi connectivity index (χ1) is 9.35. The van der Waals surface area contributed by atoms with Crippen LogP contribution in [0.3, 0.4) is 0 Å². The van der Waals surface area contributed by atoms with Gasteiger partial charge < -0.3 is 5.73 Å². The standard InChI is InChI=1S/C18H24N2/c1-17(2)16(18(17,3)4)14(19)11-12-9-10-20-15-8-6-5-7-13(12)15/h5-10,14,16H,11,19H2,1-4H3. The number of benzene rings is 1. The summed E-state index contributed by atoms with van der Waals surface area (Å²) in [5, 5.41) is 1.24. The molecule has 2 heteroatoms. The molecule has 1 aromatic carbocycles. The first-order valence-electron chi connectivity index (χ1n) is 7.44. The van der Waals surface area contributed by atoms with E-state index in [-0.39, 0.29) is 6.04 Å². The SMILES string of the molecule is CC1(C)C(C(N)Cc2ccnc3ccccc23)C1(C)C. The van der Waals surface area contributed by atoms with Crippen molar-refractivity contribution in [3.63, 3.8) is 0 Å². The molecular weight excluding hydrogens is 244 g/mol. The lowest BCUT2D eigenvalue weighted by Crippen LogP contribution is -2.28. The van der Waals surface area contributed by atoms with Gasteiger partial charge in [0.2, 0.25) is 0 Å². The van der Waals surface area contributed by atoms with Crippen LogP contribution in [0.15, 0.2) is 36.5 Å². The van der Waals surface area contributed by atoms with Gasteiger partial charge in [-0.15, -0.1) is 0 Å². The summed E-state index contributed by atoms with van der Waals surface area (Å²) in [5.74, 6) is 0.585. The second-order valence-corrected chi connectivity index (χ2v) is 7.28. The molecule has 0 spiro atoms. The van der Waals surface area contributed by atoms with E-state index in [1.54, 1.807) is 0 Å². The number of aromatic nitrogens is 1. The molecule has 20 heavy (non-hydrogen) atoms. The van der Waals surface area contributed by atoms with Crippen molar-refractivity contribution in [1.29, 1.82) is 0 Å². The monoisotopic (exact) mass is 268 g/mol. The number of fused-ring (bicyclic) bond motifs is 1. The van der Waals surface area contributed by atoms with Crippen molar-refractivity contribution in [2.24, 2.45) is 22.5 Å². The lowest BCUT2D eigenvalue weighted by atomic mass is 9.96. The Morgan fingerprint density at radius 2 is 1.75 bits per heavy atom. The van der Waals surface area contributed by atoms with Gasteiger partial charge in [0.05, 0.1) is 5.52 Å². The lowest BCUT2D eigenvalue weighted by molar-refractivity contribution is 0.457. The summed E-state index contributed by atoms with van der Waals surface area (Å²) in [7, 11) is 0. The van der Waals surface area contributed by atoms with Crippen LogP contribution in [0, 0.1) is 16.7 Å². The van der Waals surface area contributed by atoms with E-state index in [1.807, 2.05) is 12.3 Å². The maximum atomic E-state index is 6.53. The average Bonchev–Trinajstić information content (AvgIpc) is 2.80. The van der Waals surface area contributed by atoms with E-state index in [0.717, 1.165) is 11.9 Å². The van der Waals surface area contributed by atoms with Crippen LogP contribution in [0.25, 0.3) is 10.9 Å². The maximum absolute atomic E-state index is 6.53. The van der Waals surface area contributed by atoms with Gasteiger partial charge in [0.1, 0.15) is 0 Å². The van der Waals surface area contributed by atoms with Crippen molar-refractivity contribution >= 4 is 10.9 Å². The first-order valence-corrected chi connectivity index (χ1v) is 7.44. The maximum Gasteiger partial charge on any atom is 0.0704 e. The Balaban J connectivity index is 1.88. The fourth-order valence-corrected chi connectivity index (χ4v) is 4.02. The van der Waals surface area contributed by atoms with Crippen molar-refractivity contribution in [3.8, 4) is 0 Å². The Kier molecular flexibility index (Phi) is 2.91. The van der Waals surface area contributed by atoms with Crippen LogP contribution in [0.4, 0.5) is 0 Å². The number of hydrogen-bond donors (Lipinski definition) is 1. The predicted molar refractivity (Wildman–Crippen MR) is 84.5 cm³/mol. The zero-order valence-corrected chi connectivity index (χ0v) is 12.9. The van der Waals surface area contributed by atoms with Crippen LogP contribution >= 0.6 is 0 Å². The molecule has 0 radical (unpaired) electrons. The Hall–Kier alpha value is -1.41. The zero-order valence-electron chi connectivity index (χ0n) is 12.9. The number of hydrogen-bond acceptors (Lipinski definition) is 2. The van der Waals surface area contributed by atoms with Gasteiger partial charge >= 0.3 is 0 Å². The lowest BCUT2D eigenvalue weighted by Gasteiger charge is -2.15. The first kappa shape index (κ1) is 13.6. The highest BCUT2D eigenvalue weighted by Crippen LogP contribution is 2.69. The smallest absolute Gasteiger partial charge is 0.0704 e. The van der Waals surface area contributed by atoms with Crippen molar-refractivity contribution in [2.45, 2.75) is 40.2 Å². The van der Waals surface area contributed by atoms with Gasteiger partial charge in [0.25, 0.3) is 0 Å². The van der Waals surface area contributed by atoms with E-state index in [9.17, 15) is 0 Å². The molecule has 0 aliphatic heterocycles. The van der Waals surface area contributed by atoms with Crippen molar-refractivity contribution < 1.29 is 0 Å². The van der Waals surface area contributed by atoms with E-state index >= 15 is 0 Å². The van der Waals surface area contributed by atoms with E-state index in [1.165, 1.54) is 10.9 Å². The number of nitrogens with two attached hydrogens (primary N) is 1. The molecular formula is C18H24N2. The van der Waals surface area contributed by atoms with Crippen LogP contribution in [0.5, 0.6) is 0 Å². The molecule has 1 aliphatic rings. The van der Waals surface area contributed by atoms with Gasteiger partial charge in [-0.25, -0.2) is 0 Å². The van der Waals surface area contributed by atoms with Crippen LogP contribution < -0.4 is 5.73 Å². The summed E-state index contributed by atoms with van der Waals surface area (Å²) < 4.78 is 0. The predicted octanol–water partition coefficient (Wildman–Crippen LogP) is 3.79. The summed E-state index contributed by atoms with van der Waals surface area (Å²) in [6, 6.07) is 10.6. The molecule has 1 saturated carbocycles. The zero-order chi connectivity index (χ0) is 14.5. The second-order valence-electron chi connectivity index (χ2n) is 7.28. The van der Waals surface area contributed by atoms with Gasteiger partial charge in [0.15, 0.2) is 0 Å². The van der Waals surface area contributed by atoms with Gasteiger partial charge in [0, 0.05) is 17.6 Å². The highest BCUT2D eigenvalue weighted by molar-refractivity contribution is 5.81. The molecule has 1 unspecified atom stereocenters. The Morgan fingerprint density at radius 1 is 1.10 bits per heavy atom. The number of nitrogens with zero attached hydrogens (tertiary/aromatic N) is 1. The van der Waals surface area contributed by atoms with Crippen molar-refractivity contribution in [2.75, 3.05) is 0 Å². The molecule has 1 aromatic heterocycles. The van der Waals surface area contributed by atoms with Gasteiger partial charge in [-0.2, -0.15) is 0 Å². The summed E-state index contributed by atoms with van der Waals surface area (Å²) in [4.78, 5) is 4.43. The fourth-order valence-electron chi connectivity index (χ4n) is 4.02. The molecule has 1 heterocycles. The van der Waals surface area contributed by atoms with Gasteiger partial charge in [-0.3, -0.25) is 4.98 Å². The van der Waals surface area contributed by atoms with Crippen molar-refractivity contribution in [3.05, 3.63) is 42.1 Å². The number of para-hydroxylation sites is 1. The van der Waals surface area contributed by atoms with Crippen LogP contribution in [0.2, 0.25) is 0 Å². The molecule has 2 aromatic rings. The molecule has 1 aliphatic carbocycles. The van der Waals surface area contributed by atoms with Gasteiger partial charge in [-0.05, 0) is 40.9 Å². The quantitative estimate of drug-likeness (QED) is 0.920. The average molecular weight is 268 g/mol. The van der Waals surface area contributed by atoms with Crippen LogP contribution in [-0.4, -0.2) is 11.0 Å². The normalized spacial score (nSPS) is 21.9. The minimum atomic E-state index is 0.214. The molecule has 2 nitrogen and oxygen atoms in total. The summed E-state index contributed by atoms with van der Waals surface area (Å²) in [6.45, 7) is 9.34. The Labute approximate surface area is 121 Å². The largest absolute Gasteiger partial charge is 0.327 e. The summed E-state index contributed by atoms with van der Waals surface area (Å²) in [6.07, 6.45) is 2.83. The third-order valence-corrected chi connectivity index (χ3v) is 5.76. The van der Waals surface area contributed by atoms with E-state index in [0.29, 0.717) is 16.7 Å². The Bertz CT molecular complexity index is 623. The molecule has 1 fully saturated rings. The fraction of sp³-hybridized carbons (Fsp3) is 0.500. The highest BCUT2D eigenvalue weighted by atomic mass is 14.8. The summed E-state index contributed by atoms with van der Waals surface area (Å²) >= 11 is 0. The van der Waals surface area contributed by atoms with E-state index < -0.39 is 0 Å². The minimum Gasteiger partial charge on any atom is -0.327 e. The molecule has 0 bridgehead atoms. The van der Waals surface area contributed by atoms with E-state index in [2.05, 4.69) is 56.9 Å². The highest BCUT2D eigenvalue weighted by Gasteiger charge is 2.66. The van der Waals surface area contributed by atoms with Crippen LogP contribution in [-0.2, 0) is 6.42 Å². The number of rotatable bonds is 3. The summed E-state index contributed by atoms with van der Waals surface area (Å²) in [5.41, 5.74) is 9.60. The third kappa shape index (κ3) is 1.86. The molecule has 2 N–H and O–H groups in total. The van der Waals surface area contributed by atoms with Crippen LogP contribution in [0.1, 0.15) is 33.3 Å². The number of pyridine rings is 1. The third-order valence-electron chi connectivity index (χ3n) is 5.76. The minimum absolute atomic E-state index is 0.214. The van der Waals surface area contributed by atoms with Crippen molar-refractivity contribution in [1.82, 2.24) is 4.98 Å². The van der Waals surface area contributed by atoms with E-state index in [4.69, 9.17) is 5.73 Å². The molecule has 106 valence electrons. The van der Waals surface area contributed by atoms with Gasteiger partial charge in [-0.1, -0.05) is 45.9 Å². The molecule has 0 saturated heterocycles. The molecule has 3 rings (SSSR count). The Morgan fingerprint density at radius 3 is 2.40 bits per heavy atom. The molecule has 0 amide bonds.